The summed E-state index contributed by atoms with van der Waals surface area (Å²) in [6, 6.07) is 16.9. The maximum atomic E-state index is 13.4. The molecule has 2 atom stereocenters. The highest BCUT2D eigenvalue weighted by Gasteiger charge is 2.32. The second-order valence-electron chi connectivity index (χ2n) is 9.29. The Morgan fingerprint density at radius 1 is 0.769 bits per heavy atom. The van der Waals surface area contributed by atoms with Gasteiger partial charge in [-0.15, -0.1) is 0 Å². The summed E-state index contributed by atoms with van der Waals surface area (Å²) in [6.07, 6.45) is 1.34. The topological polar surface area (TPSA) is 89.5 Å². The Balaban J connectivity index is 1.67. The summed E-state index contributed by atoms with van der Waals surface area (Å²) in [5, 5.41) is 0. The van der Waals surface area contributed by atoms with Gasteiger partial charge < -0.3 is 28.4 Å². The molecule has 3 aromatic carbocycles. The first-order chi connectivity index (χ1) is 18.8. The van der Waals surface area contributed by atoms with Crippen molar-refractivity contribution in [2.75, 3.05) is 34.2 Å². The molecule has 39 heavy (non-hydrogen) atoms. The van der Waals surface area contributed by atoms with Crippen LogP contribution < -0.4 is 23.7 Å². The van der Waals surface area contributed by atoms with E-state index in [1.165, 1.54) is 7.11 Å². The third-order valence-electron chi connectivity index (χ3n) is 6.75. The molecule has 1 fully saturated rings. The molecule has 210 valence electrons. The van der Waals surface area contributed by atoms with Crippen molar-refractivity contribution in [1.29, 1.82) is 0 Å². The molecule has 1 saturated heterocycles. The second kappa shape index (κ2) is 12.6. The lowest BCUT2D eigenvalue weighted by Crippen LogP contribution is -2.11. The third-order valence-corrected chi connectivity index (χ3v) is 8.67. The third kappa shape index (κ3) is 6.25. The summed E-state index contributed by atoms with van der Waals surface area (Å²) < 4.78 is 61.4. The van der Waals surface area contributed by atoms with Crippen LogP contribution in [0, 0.1) is 0 Å². The second-order valence-corrected chi connectivity index (χ2v) is 11.4. The highest BCUT2D eigenvalue weighted by Crippen LogP contribution is 2.48. The highest BCUT2D eigenvalue weighted by molar-refractivity contribution is 7.91. The molecule has 1 heterocycles. The predicted molar refractivity (Wildman–Crippen MR) is 148 cm³/mol. The lowest BCUT2D eigenvalue weighted by Gasteiger charge is -2.21. The van der Waals surface area contributed by atoms with Crippen molar-refractivity contribution in [1.82, 2.24) is 0 Å². The first kappa shape index (κ1) is 28.6. The van der Waals surface area contributed by atoms with E-state index in [1.807, 2.05) is 55.5 Å². The van der Waals surface area contributed by atoms with Crippen LogP contribution in [-0.4, -0.2) is 42.6 Å². The Labute approximate surface area is 230 Å². The van der Waals surface area contributed by atoms with Crippen LogP contribution in [0.4, 0.5) is 0 Å². The smallest absolute Gasteiger partial charge is 0.203 e. The van der Waals surface area contributed by atoms with Crippen molar-refractivity contribution in [2.24, 2.45) is 0 Å². The maximum Gasteiger partial charge on any atom is 0.203 e. The predicted octanol–water partition coefficient (Wildman–Crippen LogP) is 6.08. The van der Waals surface area contributed by atoms with Crippen molar-refractivity contribution in [3.05, 3.63) is 71.3 Å². The molecular formula is C30H36O8S. The van der Waals surface area contributed by atoms with E-state index >= 15 is 0 Å². The van der Waals surface area contributed by atoms with Gasteiger partial charge in [0.2, 0.25) is 5.75 Å². The Bertz CT molecular complexity index is 1350. The molecule has 0 aromatic heterocycles. The molecule has 4 rings (SSSR count). The van der Waals surface area contributed by atoms with Gasteiger partial charge in [0.05, 0.1) is 46.4 Å². The SMILES string of the molecule is CCCS(=O)(=O)c1cc([C@H]2CC[C@H](c3cc(OC)c(OC)c(OC)c3)O2)cc(OC)c1OCc1ccccc1. The molecule has 1 aliphatic rings. The largest absolute Gasteiger partial charge is 0.493 e. The first-order valence-corrected chi connectivity index (χ1v) is 14.6. The van der Waals surface area contributed by atoms with Gasteiger partial charge in [-0.1, -0.05) is 37.3 Å². The molecule has 9 heteroatoms. The lowest BCUT2D eigenvalue weighted by molar-refractivity contribution is 0.0435. The summed E-state index contributed by atoms with van der Waals surface area (Å²) in [6.45, 7) is 2.06. The zero-order valence-corrected chi connectivity index (χ0v) is 23.9. The van der Waals surface area contributed by atoms with Crippen molar-refractivity contribution in [3.63, 3.8) is 0 Å². The van der Waals surface area contributed by atoms with Crippen molar-refractivity contribution < 1.29 is 36.8 Å². The number of ether oxygens (including phenoxy) is 6. The van der Waals surface area contributed by atoms with E-state index in [9.17, 15) is 8.42 Å². The van der Waals surface area contributed by atoms with Crippen LogP contribution in [0.3, 0.4) is 0 Å². The Hall–Kier alpha value is -3.43. The fourth-order valence-electron chi connectivity index (χ4n) is 4.83. The molecule has 0 aliphatic carbocycles. The molecule has 0 spiro atoms. The van der Waals surface area contributed by atoms with Gasteiger partial charge >= 0.3 is 0 Å². The van der Waals surface area contributed by atoms with Crippen LogP contribution in [0.15, 0.2) is 59.5 Å². The minimum absolute atomic E-state index is 0.000884. The van der Waals surface area contributed by atoms with E-state index in [1.54, 1.807) is 27.4 Å². The summed E-state index contributed by atoms with van der Waals surface area (Å²) in [4.78, 5) is 0.120. The van der Waals surface area contributed by atoms with Gasteiger partial charge in [-0.2, -0.15) is 0 Å². The van der Waals surface area contributed by atoms with E-state index < -0.39 is 9.84 Å². The van der Waals surface area contributed by atoms with Crippen molar-refractivity contribution >= 4 is 9.84 Å². The lowest BCUT2D eigenvalue weighted by atomic mass is 10.0. The Morgan fingerprint density at radius 3 is 1.82 bits per heavy atom. The molecule has 0 radical (unpaired) electrons. The standard InChI is InChI=1S/C30H36O8S/c1-6-14-39(31,32)28-18-22(17-27(35-4)30(28)37-19-20-10-8-7-9-11-20)24-13-12-23(38-24)21-15-25(33-2)29(36-5)26(16-21)34-3/h7-11,15-18,23-24H,6,12-14,19H2,1-5H3/t23-,24-/m1/s1. The van der Waals surface area contributed by atoms with Crippen LogP contribution in [-0.2, 0) is 21.2 Å². The number of methoxy groups -OCH3 is 4. The highest BCUT2D eigenvalue weighted by atomic mass is 32.2. The fourth-order valence-corrected chi connectivity index (χ4v) is 6.35. The van der Waals surface area contributed by atoms with Crippen LogP contribution in [0.5, 0.6) is 28.7 Å². The average molecular weight is 557 g/mol. The number of hydrogen-bond acceptors (Lipinski definition) is 8. The molecule has 0 amide bonds. The Morgan fingerprint density at radius 2 is 1.31 bits per heavy atom. The number of hydrogen-bond donors (Lipinski definition) is 0. The van der Waals surface area contributed by atoms with Gasteiger partial charge in [0.25, 0.3) is 0 Å². The summed E-state index contributed by atoms with van der Waals surface area (Å²) in [7, 11) is 2.60. The van der Waals surface area contributed by atoms with E-state index in [4.69, 9.17) is 28.4 Å². The fraction of sp³-hybridized carbons (Fsp3) is 0.400. The molecule has 0 N–H and O–H groups in total. The number of benzene rings is 3. The van der Waals surface area contributed by atoms with Crippen LogP contribution in [0.25, 0.3) is 0 Å². The van der Waals surface area contributed by atoms with Gasteiger partial charge in [0.15, 0.2) is 32.8 Å². The number of rotatable bonds is 12. The molecular weight excluding hydrogens is 520 g/mol. The van der Waals surface area contributed by atoms with Crippen LogP contribution in [0.2, 0.25) is 0 Å². The monoisotopic (exact) mass is 556 g/mol. The molecule has 0 unspecified atom stereocenters. The normalized spacial score (nSPS) is 17.1. The number of sulfone groups is 1. The summed E-state index contributed by atoms with van der Waals surface area (Å²) in [5.74, 6) is 2.19. The van der Waals surface area contributed by atoms with Crippen molar-refractivity contribution in [2.45, 2.75) is 49.9 Å². The molecule has 0 saturated carbocycles. The maximum absolute atomic E-state index is 13.4. The van der Waals surface area contributed by atoms with Gasteiger partial charge in [-0.25, -0.2) is 8.42 Å². The zero-order chi connectivity index (χ0) is 28.0. The van der Waals surface area contributed by atoms with Crippen molar-refractivity contribution in [3.8, 4) is 28.7 Å². The van der Waals surface area contributed by atoms with Crippen LogP contribution >= 0.6 is 0 Å². The minimum atomic E-state index is -3.63. The van der Waals surface area contributed by atoms with Gasteiger partial charge in [0, 0.05) is 0 Å². The van der Waals surface area contributed by atoms with Gasteiger partial charge in [-0.05, 0) is 60.2 Å². The molecule has 0 bridgehead atoms. The molecule has 1 aliphatic heterocycles. The first-order valence-electron chi connectivity index (χ1n) is 12.9. The summed E-state index contributed by atoms with van der Waals surface area (Å²) in [5.41, 5.74) is 2.54. The van der Waals surface area contributed by atoms with E-state index in [0.717, 1.165) is 23.1 Å². The van der Waals surface area contributed by atoms with E-state index in [0.29, 0.717) is 35.8 Å². The van der Waals surface area contributed by atoms with E-state index in [-0.39, 0.29) is 35.2 Å². The van der Waals surface area contributed by atoms with Crippen LogP contribution in [0.1, 0.15) is 55.1 Å². The molecule has 8 nitrogen and oxygen atoms in total. The van der Waals surface area contributed by atoms with E-state index in [2.05, 4.69) is 0 Å². The minimum Gasteiger partial charge on any atom is -0.493 e. The Kier molecular flexibility index (Phi) is 9.24. The zero-order valence-electron chi connectivity index (χ0n) is 23.1. The van der Waals surface area contributed by atoms with Gasteiger partial charge in [0.1, 0.15) is 11.5 Å². The quantitative estimate of drug-likeness (QED) is 0.265. The molecule has 3 aromatic rings. The summed E-state index contributed by atoms with van der Waals surface area (Å²) >= 11 is 0. The average Bonchev–Trinajstić information content (AvgIpc) is 3.45. The van der Waals surface area contributed by atoms with Gasteiger partial charge in [-0.3, -0.25) is 0 Å².